The van der Waals surface area contributed by atoms with Gasteiger partial charge in [-0.3, -0.25) is 4.79 Å². The SMILES string of the molecule is O=C(O)c1ccc(NC(=O)c2cc(Cl)ccc2O)c(O)c1. The normalized spacial score (nSPS) is 10.1. The van der Waals surface area contributed by atoms with Crippen LogP contribution in [0.5, 0.6) is 11.5 Å². The molecule has 0 spiro atoms. The van der Waals surface area contributed by atoms with Crippen molar-refractivity contribution in [3.8, 4) is 11.5 Å². The summed E-state index contributed by atoms with van der Waals surface area (Å²) < 4.78 is 0. The highest BCUT2D eigenvalue weighted by Crippen LogP contribution is 2.27. The molecule has 1 amide bonds. The molecule has 0 radical (unpaired) electrons. The molecule has 0 aliphatic rings. The summed E-state index contributed by atoms with van der Waals surface area (Å²) in [6.45, 7) is 0. The highest BCUT2D eigenvalue weighted by molar-refractivity contribution is 6.31. The second-order valence-electron chi connectivity index (χ2n) is 4.15. The first kappa shape index (κ1) is 14.7. The van der Waals surface area contributed by atoms with Crippen LogP contribution < -0.4 is 5.32 Å². The number of carbonyl (C=O) groups excluding carboxylic acids is 1. The number of hydrogen-bond donors (Lipinski definition) is 4. The van der Waals surface area contributed by atoms with E-state index in [9.17, 15) is 19.8 Å². The summed E-state index contributed by atoms with van der Waals surface area (Å²) >= 11 is 5.75. The van der Waals surface area contributed by atoms with Crippen molar-refractivity contribution >= 4 is 29.2 Å². The van der Waals surface area contributed by atoms with E-state index in [0.29, 0.717) is 0 Å². The van der Waals surface area contributed by atoms with Crippen molar-refractivity contribution in [2.24, 2.45) is 0 Å². The maximum absolute atomic E-state index is 12.0. The molecule has 0 heterocycles. The van der Waals surface area contributed by atoms with E-state index >= 15 is 0 Å². The number of carbonyl (C=O) groups is 2. The summed E-state index contributed by atoms with van der Waals surface area (Å²) in [5.74, 6) is -2.55. The molecule has 0 saturated carbocycles. The van der Waals surface area contributed by atoms with Gasteiger partial charge in [0.1, 0.15) is 11.5 Å². The zero-order chi connectivity index (χ0) is 15.6. The van der Waals surface area contributed by atoms with Crippen LogP contribution in [0.1, 0.15) is 20.7 Å². The molecule has 2 rings (SSSR count). The van der Waals surface area contributed by atoms with Crippen LogP contribution in [0, 0.1) is 0 Å². The van der Waals surface area contributed by atoms with E-state index in [1.54, 1.807) is 0 Å². The van der Waals surface area contributed by atoms with Crippen molar-refractivity contribution in [1.29, 1.82) is 0 Å². The van der Waals surface area contributed by atoms with E-state index in [-0.39, 0.29) is 27.6 Å². The fourth-order valence-electron chi connectivity index (χ4n) is 1.65. The van der Waals surface area contributed by atoms with E-state index < -0.39 is 17.6 Å². The number of aromatic hydroxyl groups is 2. The summed E-state index contributed by atoms with van der Waals surface area (Å²) in [5, 5.41) is 30.7. The Kier molecular flexibility index (Phi) is 4.00. The minimum absolute atomic E-state index is 0.0179. The van der Waals surface area contributed by atoms with Crippen molar-refractivity contribution in [2.45, 2.75) is 0 Å². The van der Waals surface area contributed by atoms with E-state index in [2.05, 4.69) is 5.32 Å². The number of hydrogen-bond acceptors (Lipinski definition) is 4. The summed E-state index contributed by atoms with van der Waals surface area (Å²) in [4.78, 5) is 22.7. The first-order chi connectivity index (χ1) is 9.88. The molecule has 0 aromatic heterocycles. The van der Waals surface area contributed by atoms with Gasteiger partial charge in [-0.05, 0) is 36.4 Å². The molecule has 7 heteroatoms. The highest BCUT2D eigenvalue weighted by Gasteiger charge is 2.15. The molecule has 0 aliphatic heterocycles. The minimum Gasteiger partial charge on any atom is -0.507 e. The summed E-state index contributed by atoms with van der Waals surface area (Å²) in [5.41, 5.74) is -0.162. The average molecular weight is 308 g/mol. The summed E-state index contributed by atoms with van der Waals surface area (Å²) in [7, 11) is 0. The van der Waals surface area contributed by atoms with Gasteiger partial charge in [0.15, 0.2) is 0 Å². The van der Waals surface area contributed by atoms with Crippen molar-refractivity contribution in [3.05, 3.63) is 52.5 Å². The van der Waals surface area contributed by atoms with Crippen LogP contribution in [0.25, 0.3) is 0 Å². The Morgan fingerprint density at radius 2 is 1.71 bits per heavy atom. The van der Waals surface area contributed by atoms with E-state index in [1.807, 2.05) is 0 Å². The molecular weight excluding hydrogens is 298 g/mol. The van der Waals surface area contributed by atoms with Crippen molar-refractivity contribution in [1.82, 2.24) is 0 Å². The van der Waals surface area contributed by atoms with Crippen LogP contribution in [0.15, 0.2) is 36.4 Å². The van der Waals surface area contributed by atoms with Gasteiger partial charge in [0.25, 0.3) is 5.91 Å². The smallest absolute Gasteiger partial charge is 0.335 e. The Labute approximate surface area is 124 Å². The molecule has 21 heavy (non-hydrogen) atoms. The lowest BCUT2D eigenvalue weighted by Crippen LogP contribution is -2.12. The van der Waals surface area contributed by atoms with Crippen LogP contribution in [0.4, 0.5) is 5.69 Å². The third-order valence-corrected chi connectivity index (χ3v) is 2.93. The number of benzene rings is 2. The fourth-order valence-corrected chi connectivity index (χ4v) is 1.82. The Morgan fingerprint density at radius 3 is 2.33 bits per heavy atom. The van der Waals surface area contributed by atoms with Gasteiger partial charge >= 0.3 is 5.97 Å². The molecule has 0 fully saturated rings. The first-order valence-corrected chi connectivity index (χ1v) is 6.12. The Balaban J connectivity index is 2.27. The molecule has 4 N–H and O–H groups in total. The second kappa shape index (κ2) is 5.72. The Hall–Kier alpha value is -2.73. The number of rotatable bonds is 3. The van der Waals surface area contributed by atoms with Gasteiger partial charge in [-0.25, -0.2) is 4.79 Å². The zero-order valence-electron chi connectivity index (χ0n) is 10.5. The Morgan fingerprint density at radius 1 is 1.00 bits per heavy atom. The number of carboxylic acids is 1. The van der Waals surface area contributed by atoms with Crippen molar-refractivity contribution in [2.75, 3.05) is 5.32 Å². The van der Waals surface area contributed by atoms with Gasteiger partial charge in [-0.2, -0.15) is 0 Å². The zero-order valence-corrected chi connectivity index (χ0v) is 11.3. The number of phenolic OH excluding ortho intramolecular Hbond substituents is 2. The highest BCUT2D eigenvalue weighted by atomic mass is 35.5. The number of carboxylic acid groups (broad SMARTS) is 1. The number of aromatic carboxylic acids is 1. The largest absolute Gasteiger partial charge is 0.507 e. The molecular formula is C14H10ClNO5. The molecule has 108 valence electrons. The van der Waals surface area contributed by atoms with E-state index in [1.165, 1.54) is 30.3 Å². The van der Waals surface area contributed by atoms with Gasteiger partial charge in [0.05, 0.1) is 16.8 Å². The van der Waals surface area contributed by atoms with Gasteiger partial charge in [0.2, 0.25) is 0 Å². The monoisotopic (exact) mass is 307 g/mol. The molecule has 0 aliphatic carbocycles. The van der Waals surface area contributed by atoms with Crippen LogP contribution in [0.3, 0.4) is 0 Å². The molecule has 2 aromatic carbocycles. The summed E-state index contributed by atoms with van der Waals surface area (Å²) in [6.07, 6.45) is 0. The van der Waals surface area contributed by atoms with E-state index in [0.717, 1.165) is 6.07 Å². The first-order valence-electron chi connectivity index (χ1n) is 5.74. The lowest BCUT2D eigenvalue weighted by atomic mass is 10.1. The predicted octanol–water partition coefficient (Wildman–Crippen LogP) is 2.70. The second-order valence-corrected chi connectivity index (χ2v) is 4.59. The minimum atomic E-state index is -1.20. The number of anilines is 1. The van der Waals surface area contributed by atoms with Crippen LogP contribution >= 0.6 is 11.6 Å². The molecule has 0 bridgehead atoms. The number of halogens is 1. The molecule has 2 aromatic rings. The van der Waals surface area contributed by atoms with Crippen molar-refractivity contribution in [3.63, 3.8) is 0 Å². The molecule has 0 unspecified atom stereocenters. The molecule has 0 atom stereocenters. The van der Waals surface area contributed by atoms with Crippen molar-refractivity contribution < 1.29 is 24.9 Å². The van der Waals surface area contributed by atoms with Crippen LogP contribution in [-0.2, 0) is 0 Å². The van der Waals surface area contributed by atoms with Gasteiger partial charge in [0, 0.05) is 5.02 Å². The average Bonchev–Trinajstić information content (AvgIpc) is 2.43. The fraction of sp³-hybridized carbons (Fsp3) is 0. The predicted molar refractivity (Wildman–Crippen MR) is 76.1 cm³/mol. The quantitative estimate of drug-likeness (QED) is 0.652. The number of amides is 1. The summed E-state index contributed by atoms with van der Waals surface area (Å²) in [6, 6.07) is 7.45. The standard InChI is InChI=1S/C14H10ClNO5/c15-8-2-4-11(17)9(6-8)13(19)16-10-3-1-7(14(20)21)5-12(10)18/h1-6,17-18H,(H,16,19)(H,20,21). The lowest BCUT2D eigenvalue weighted by Gasteiger charge is -2.09. The maximum atomic E-state index is 12.0. The topological polar surface area (TPSA) is 107 Å². The Bertz CT molecular complexity index is 729. The third-order valence-electron chi connectivity index (χ3n) is 2.70. The van der Waals surface area contributed by atoms with Crippen LogP contribution in [0.2, 0.25) is 5.02 Å². The van der Waals surface area contributed by atoms with Crippen LogP contribution in [-0.4, -0.2) is 27.2 Å². The molecule has 6 nitrogen and oxygen atoms in total. The maximum Gasteiger partial charge on any atom is 0.335 e. The number of phenols is 2. The van der Waals surface area contributed by atoms with Gasteiger partial charge in [-0.15, -0.1) is 0 Å². The number of nitrogens with one attached hydrogen (secondary N) is 1. The molecule has 0 saturated heterocycles. The lowest BCUT2D eigenvalue weighted by molar-refractivity contribution is 0.0696. The van der Waals surface area contributed by atoms with E-state index in [4.69, 9.17) is 16.7 Å². The third kappa shape index (κ3) is 3.24. The van der Waals surface area contributed by atoms with Gasteiger partial charge in [-0.1, -0.05) is 11.6 Å². The van der Waals surface area contributed by atoms with Gasteiger partial charge < -0.3 is 20.6 Å².